The van der Waals surface area contributed by atoms with Crippen LogP contribution in [0.15, 0.2) is 0 Å². The van der Waals surface area contributed by atoms with Crippen LogP contribution in [0.3, 0.4) is 0 Å². The van der Waals surface area contributed by atoms with E-state index in [4.69, 9.17) is 221 Å². The molecule has 2 atom stereocenters. The van der Waals surface area contributed by atoms with Gasteiger partial charge in [-0.15, -0.1) is 15.5 Å². The van der Waals surface area contributed by atoms with Crippen LogP contribution in [0.5, 0.6) is 11.5 Å². The van der Waals surface area contributed by atoms with Crippen molar-refractivity contribution in [2.24, 2.45) is 0 Å². The molecule has 3 rings (SSSR count). The van der Waals surface area contributed by atoms with Crippen molar-refractivity contribution in [1.82, 2.24) is 4.90 Å². The van der Waals surface area contributed by atoms with Crippen LogP contribution in [0.4, 0.5) is 0 Å². The number of nitrogens with zero attached hydrogens (tertiary/aromatic N) is 1. The van der Waals surface area contributed by atoms with Crippen LogP contribution in [0, 0.1) is 0 Å². The van der Waals surface area contributed by atoms with E-state index in [1.165, 1.54) is 0 Å². The number of benzene rings is 1. The molecule has 0 aromatic heterocycles. The monoisotopic (exact) mass is 587 g/mol. The van der Waals surface area contributed by atoms with E-state index in [0.29, 0.717) is 4.90 Å². The van der Waals surface area contributed by atoms with Gasteiger partial charge in [-0.25, -0.2) is 0 Å². The molecule has 2 aliphatic rings. The van der Waals surface area contributed by atoms with E-state index in [1.807, 2.05) is 0 Å². The average Bonchev–Trinajstić information content (AvgIpc) is 2.85. The molecule has 180 valence electrons. The van der Waals surface area contributed by atoms with E-state index in [9.17, 15) is 4.79 Å². The number of rotatable bonds is 8. The largest absolute Gasteiger partial charge is 0.513 e. The highest BCUT2D eigenvalue weighted by atomic mass is 16.5. The van der Waals surface area contributed by atoms with Gasteiger partial charge in [0.25, 0.3) is 0 Å². The Morgan fingerprint density at radius 1 is 0.500 bits per heavy atom. The average molecular weight is 582 g/mol. The lowest BCUT2D eigenvalue weighted by Gasteiger charge is -2.83. The molecule has 2 unspecified atom stereocenters. The Balaban J connectivity index is 2.72. The molecule has 0 spiro atoms. The molecule has 1 fully saturated rings. The first kappa shape index (κ1) is 44.6. The van der Waals surface area contributed by atoms with Crippen molar-refractivity contribution in [2.75, 3.05) is 0 Å². The van der Waals surface area contributed by atoms with Crippen LogP contribution in [0.2, 0.25) is 31.3 Å². The Kier molecular flexibility index (Phi) is 10.6. The Morgan fingerprint density at radius 2 is 0.840 bits per heavy atom. The maximum absolute atomic E-state index is 14.9. The summed E-state index contributed by atoms with van der Waals surface area (Å²) in [5, 5.41) is -33.9. The van der Waals surface area contributed by atoms with Gasteiger partial charge in [0.15, 0.2) is 11.5 Å². The molecule has 0 amide bonds. The number of hydrogen-bond acceptors (Lipinski definition) is 4. The molecule has 0 saturated carbocycles. The summed E-state index contributed by atoms with van der Waals surface area (Å²) >= 11 is 0. The van der Waals surface area contributed by atoms with Crippen molar-refractivity contribution in [3.63, 3.8) is 0 Å². The highest BCUT2D eigenvalue weighted by Gasteiger charge is 2.75. The van der Waals surface area contributed by atoms with Crippen molar-refractivity contribution in [3.8, 4) is 11.5 Å². The minimum Gasteiger partial charge on any atom is -0.513 e. The summed E-state index contributed by atoms with van der Waals surface area (Å²) in [7, 11) is 168. The predicted octanol–water partition coefficient (Wildman–Crippen LogP) is -11.3. The van der Waals surface area contributed by atoms with Gasteiger partial charge in [-0.05, 0) is 37.6 Å². The Bertz CT molecular complexity index is 1570. The number of piperidine rings is 1. The van der Waals surface area contributed by atoms with Crippen LogP contribution >= 0.6 is 0 Å². The van der Waals surface area contributed by atoms with Crippen LogP contribution in [-0.4, -0.2) is 244 Å². The van der Waals surface area contributed by atoms with Crippen molar-refractivity contribution in [2.45, 2.75) is 63.2 Å². The normalized spacial score (nSPS) is 26.5. The molecule has 1 saturated heterocycles. The van der Waals surface area contributed by atoms with Gasteiger partial charge in [-0.2, -0.15) is 0 Å². The van der Waals surface area contributed by atoms with Crippen molar-refractivity contribution in [3.05, 3.63) is 11.1 Å². The summed E-state index contributed by atoms with van der Waals surface area (Å²) < 4.78 is 10.7. The minimum absolute atomic E-state index is 0.321. The summed E-state index contributed by atoms with van der Waals surface area (Å²) in [6, 6.07) is 0. The van der Waals surface area contributed by atoms with E-state index in [1.54, 1.807) is 0 Å². The zero-order chi connectivity index (χ0) is 40.0. The van der Waals surface area contributed by atoms with Crippen LogP contribution in [0.1, 0.15) is 11.1 Å². The lowest BCUT2D eigenvalue weighted by molar-refractivity contribution is -0.137. The number of Topliss-reactive ketones (excluding diaryl/α,β-unsaturated/α-hetero) is 1. The van der Waals surface area contributed by atoms with Crippen molar-refractivity contribution >= 4 is 229 Å². The number of fused-ring (bicyclic) bond motifs is 3. The number of carbonyl (C=O) groups is 1. The molecule has 4 nitrogen and oxygen atoms in total. The van der Waals surface area contributed by atoms with Gasteiger partial charge in [0.2, 0.25) is 0 Å². The topological polar surface area (TPSA) is 38.8 Å². The molecule has 0 aliphatic carbocycles. The quantitative estimate of drug-likeness (QED) is 0.286. The summed E-state index contributed by atoms with van der Waals surface area (Å²) in [5.41, 5.74) is -6.17. The molecule has 1 aromatic rings. The second kappa shape index (κ2) is 11.9. The molecular formula is C19B27NO3. The second-order valence-corrected chi connectivity index (χ2v) is 13.3. The Hall–Kier alpha value is 0.203. The Labute approximate surface area is 331 Å². The molecule has 31 heteroatoms. The zero-order valence-corrected chi connectivity index (χ0v) is 26.8. The van der Waals surface area contributed by atoms with Crippen molar-refractivity contribution in [1.29, 1.82) is 0 Å². The van der Waals surface area contributed by atoms with Crippen LogP contribution in [-0.2, 0) is 15.4 Å². The Morgan fingerprint density at radius 3 is 1.16 bits per heavy atom. The number of carbonyl (C=O) groups excluding carboxylic acids is 1. The fraction of sp³-hybridized carbons (Fsp3) is 0.632. The smallest absolute Gasteiger partial charge is 0.151 e. The van der Waals surface area contributed by atoms with Gasteiger partial charge in [-0.3, -0.25) is 0 Å². The minimum atomic E-state index is -3.52. The fourth-order valence-corrected chi connectivity index (χ4v) is 6.68. The van der Waals surface area contributed by atoms with Gasteiger partial charge >= 0.3 is 0 Å². The molecule has 50 heavy (non-hydrogen) atoms. The summed E-state index contributed by atoms with van der Waals surface area (Å²) in [5.74, 6) is -3.40. The van der Waals surface area contributed by atoms with Crippen LogP contribution < -0.4 is 20.4 Å². The van der Waals surface area contributed by atoms with E-state index in [-0.39, 0.29) is 0 Å². The first-order valence-corrected chi connectivity index (χ1v) is 13.7. The molecule has 54 radical (unpaired) electrons. The molecule has 0 bridgehead atoms. The van der Waals surface area contributed by atoms with E-state index < -0.39 is 103 Å². The third kappa shape index (κ3) is 5.54. The van der Waals surface area contributed by atoms with E-state index in [2.05, 4.69) is 0 Å². The van der Waals surface area contributed by atoms with E-state index >= 15 is 0 Å². The number of ether oxygens (including phenoxy) is 2. The maximum atomic E-state index is 14.9. The zero-order valence-electron chi connectivity index (χ0n) is 26.8. The van der Waals surface area contributed by atoms with Crippen LogP contribution in [0.25, 0.3) is 0 Å². The maximum Gasteiger partial charge on any atom is 0.151 e. The van der Waals surface area contributed by atoms with Gasteiger partial charge in [0, 0.05) is 5.44 Å². The summed E-state index contributed by atoms with van der Waals surface area (Å²) in [6.45, 7) is 0. The van der Waals surface area contributed by atoms with Gasteiger partial charge in [0.05, 0.1) is 141 Å². The molecular weight excluding hydrogens is 582 g/mol. The van der Waals surface area contributed by atoms with Gasteiger partial charge in [0.1, 0.15) is 76.4 Å². The first-order chi connectivity index (χ1) is 21.5. The number of ketones is 1. The SMILES string of the molecule is [B]c1c(OC([B])([B])[B])c(OC([B])([B])[B])c([B])c2c1C([B])([B])C([B])([B])N1C([B])([B])C([B])(C([B])([B])C([B])(C([B])([B])[B])C([B])([B])[B])C(=O)C([B])([B])C21[B]. The lowest BCUT2D eigenvalue weighted by atomic mass is 9.02. The third-order valence-electron chi connectivity index (χ3n) is 9.26. The lowest BCUT2D eigenvalue weighted by Crippen LogP contribution is -2.89. The highest BCUT2D eigenvalue weighted by molar-refractivity contribution is 6.75. The fourth-order valence-electron chi connectivity index (χ4n) is 6.68. The van der Waals surface area contributed by atoms with Crippen molar-refractivity contribution < 1.29 is 14.3 Å². The second-order valence-electron chi connectivity index (χ2n) is 13.3. The molecule has 0 N–H and O–H groups in total. The van der Waals surface area contributed by atoms with Gasteiger partial charge < -0.3 is 19.2 Å². The third-order valence-corrected chi connectivity index (χ3v) is 9.26. The molecule has 1 aromatic carbocycles. The number of hydrogen-bond donors (Lipinski definition) is 0. The summed E-state index contributed by atoms with van der Waals surface area (Å²) in [6.07, 6.45) is 0. The molecule has 2 heterocycles. The first-order valence-electron chi connectivity index (χ1n) is 13.7. The summed E-state index contributed by atoms with van der Waals surface area (Å²) in [4.78, 5) is 15.2. The predicted molar refractivity (Wildman–Crippen MR) is 220 cm³/mol. The van der Waals surface area contributed by atoms with Gasteiger partial charge in [-0.1, -0.05) is 26.7 Å². The molecule has 2 aliphatic heterocycles. The highest BCUT2D eigenvalue weighted by Crippen LogP contribution is 2.79. The standard InChI is InChI=1S/C19B27NO3/c20-3-1-2(4(21)6(50-19(44,45)46)5(3)49-18(41,42)43)11(27)10(25,26)7(48)8(22,16(37,38)47(11)17(39,40)9(1,23)24)13(29,30)12(28,14(31,32)33)15(34,35)36. The van der Waals surface area contributed by atoms with E-state index in [0.717, 1.165) is 0 Å².